The van der Waals surface area contributed by atoms with Gasteiger partial charge in [-0.3, -0.25) is 4.79 Å². The Bertz CT molecular complexity index is 754. The Morgan fingerprint density at radius 1 is 1.05 bits per heavy atom. The summed E-state index contributed by atoms with van der Waals surface area (Å²) in [4.78, 5) is 12.5. The molecule has 0 radical (unpaired) electrons. The van der Waals surface area contributed by atoms with Crippen molar-refractivity contribution in [1.82, 2.24) is 0 Å². The average Bonchev–Trinajstić information content (AvgIpc) is 2.77. The van der Waals surface area contributed by atoms with Crippen molar-refractivity contribution in [1.29, 1.82) is 0 Å². The minimum absolute atomic E-state index is 0.0647. The van der Waals surface area contributed by atoms with E-state index in [1.54, 1.807) is 0 Å². The first-order valence-corrected chi connectivity index (χ1v) is 7.03. The van der Waals surface area contributed by atoms with E-state index in [0.29, 0.717) is 11.3 Å². The largest absolute Gasteiger partial charge is 0.452 e. The molecule has 0 amide bonds. The third-order valence-corrected chi connectivity index (χ3v) is 3.88. The van der Waals surface area contributed by atoms with Gasteiger partial charge < -0.3 is 4.42 Å². The van der Waals surface area contributed by atoms with Crippen LogP contribution >= 0.6 is 22.6 Å². The Balaban J connectivity index is 2.11. The number of hydrogen-bond acceptors (Lipinski definition) is 2. The molecule has 0 aliphatic heterocycles. The highest BCUT2D eigenvalue weighted by Crippen LogP contribution is 2.26. The topological polar surface area (TPSA) is 30.2 Å². The van der Waals surface area contributed by atoms with E-state index in [1.165, 1.54) is 0 Å². The van der Waals surface area contributed by atoms with Gasteiger partial charge >= 0.3 is 0 Å². The van der Waals surface area contributed by atoms with Crippen molar-refractivity contribution < 1.29 is 9.21 Å². The van der Waals surface area contributed by atoms with Crippen LogP contribution in [0.1, 0.15) is 21.7 Å². The maximum absolute atomic E-state index is 12.5. The molecule has 2 nitrogen and oxygen atoms in total. The third kappa shape index (κ3) is 2.18. The molecule has 3 heteroatoms. The van der Waals surface area contributed by atoms with Gasteiger partial charge in [0.05, 0.1) is 0 Å². The van der Waals surface area contributed by atoms with Crippen molar-refractivity contribution in [3.8, 4) is 0 Å². The highest BCUT2D eigenvalue weighted by atomic mass is 127. The highest BCUT2D eigenvalue weighted by Gasteiger charge is 2.18. The van der Waals surface area contributed by atoms with Crippen LogP contribution in [0.2, 0.25) is 0 Å². The van der Waals surface area contributed by atoms with Crippen molar-refractivity contribution in [2.45, 2.75) is 6.92 Å². The van der Waals surface area contributed by atoms with Crippen LogP contribution in [-0.4, -0.2) is 5.78 Å². The van der Waals surface area contributed by atoms with E-state index in [1.807, 2.05) is 55.5 Å². The summed E-state index contributed by atoms with van der Waals surface area (Å²) < 4.78 is 6.80. The number of carbonyl (C=O) groups is 1. The molecule has 3 rings (SSSR count). The minimum atomic E-state index is -0.0647. The van der Waals surface area contributed by atoms with Crippen molar-refractivity contribution in [2.75, 3.05) is 0 Å². The molecule has 19 heavy (non-hydrogen) atoms. The number of halogens is 1. The van der Waals surface area contributed by atoms with Crippen LogP contribution in [0.3, 0.4) is 0 Å². The van der Waals surface area contributed by atoms with E-state index >= 15 is 0 Å². The Hall–Kier alpha value is -1.62. The van der Waals surface area contributed by atoms with Crippen LogP contribution < -0.4 is 0 Å². The smallest absolute Gasteiger partial charge is 0.228 e. The molecule has 0 saturated heterocycles. The number of para-hydroxylation sites is 1. The first-order chi connectivity index (χ1) is 9.16. The second-order valence-electron chi connectivity index (χ2n) is 4.39. The lowest BCUT2D eigenvalue weighted by Gasteiger charge is -1.99. The second kappa shape index (κ2) is 4.81. The van der Waals surface area contributed by atoms with Gasteiger partial charge in [-0.1, -0.05) is 18.2 Å². The zero-order chi connectivity index (χ0) is 13.4. The summed E-state index contributed by atoms with van der Waals surface area (Å²) in [6, 6.07) is 15.2. The van der Waals surface area contributed by atoms with E-state index in [2.05, 4.69) is 22.6 Å². The lowest BCUT2D eigenvalue weighted by Crippen LogP contribution is -2.01. The number of ketones is 1. The molecule has 0 aliphatic rings. The number of rotatable bonds is 2. The summed E-state index contributed by atoms with van der Waals surface area (Å²) in [6.07, 6.45) is 0. The fourth-order valence-electron chi connectivity index (χ4n) is 2.12. The van der Waals surface area contributed by atoms with Gasteiger partial charge in [0.2, 0.25) is 5.78 Å². The van der Waals surface area contributed by atoms with Gasteiger partial charge in [-0.25, -0.2) is 0 Å². The quantitative estimate of drug-likeness (QED) is 0.494. The molecular weight excluding hydrogens is 351 g/mol. The maximum Gasteiger partial charge on any atom is 0.228 e. The SMILES string of the molecule is Cc1c(C(=O)c2ccc(I)cc2)oc2ccccc12. The Labute approximate surface area is 124 Å². The molecule has 3 aromatic rings. The summed E-state index contributed by atoms with van der Waals surface area (Å²) >= 11 is 2.22. The van der Waals surface area contributed by atoms with E-state index in [0.717, 1.165) is 20.1 Å². The van der Waals surface area contributed by atoms with Crippen molar-refractivity contribution in [2.24, 2.45) is 0 Å². The maximum atomic E-state index is 12.5. The van der Waals surface area contributed by atoms with Gasteiger partial charge in [-0.2, -0.15) is 0 Å². The number of fused-ring (bicyclic) bond motifs is 1. The third-order valence-electron chi connectivity index (χ3n) is 3.16. The summed E-state index contributed by atoms with van der Waals surface area (Å²) in [6.45, 7) is 1.92. The van der Waals surface area contributed by atoms with Gasteiger partial charge in [0, 0.05) is 20.1 Å². The first-order valence-electron chi connectivity index (χ1n) is 5.95. The van der Waals surface area contributed by atoms with Crippen LogP contribution in [0, 0.1) is 10.5 Å². The Morgan fingerprint density at radius 2 is 1.74 bits per heavy atom. The van der Waals surface area contributed by atoms with Gasteiger partial charge in [-0.05, 0) is 59.8 Å². The van der Waals surface area contributed by atoms with Crippen LogP contribution in [0.25, 0.3) is 11.0 Å². The molecule has 2 aromatic carbocycles. The van der Waals surface area contributed by atoms with Gasteiger partial charge in [0.15, 0.2) is 5.76 Å². The molecule has 0 saturated carbocycles. The van der Waals surface area contributed by atoms with Crippen LogP contribution in [-0.2, 0) is 0 Å². The standard InChI is InChI=1S/C16H11IO2/c1-10-13-4-2-3-5-14(13)19-16(10)15(18)11-6-8-12(17)9-7-11/h2-9H,1H3. The zero-order valence-electron chi connectivity index (χ0n) is 10.3. The molecule has 0 N–H and O–H groups in total. The predicted molar refractivity (Wildman–Crippen MR) is 83.5 cm³/mol. The fraction of sp³-hybridized carbons (Fsp3) is 0.0625. The van der Waals surface area contributed by atoms with E-state index in [-0.39, 0.29) is 5.78 Å². The predicted octanol–water partition coefficient (Wildman–Crippen LogP) is 4.58. The first kappa shape index (κ1) is 12.4. The molecule has 0 atom stereocenters. The summed E-state index contributed by atoms with van der Waals surface area (Å²) in [5.74, 6) is 0.368. The van der Waals surface area contributed by atoms with Crippen LogP contribution in [0.4, 0.5) is 0 Å². The second-order valence-corrected chi connectivity index (χ2v) is 5.63. The van der Waals surface area contributed by atoms with E-state index < -0.39 is 0 Å². The van der Waals surface area contributed by atoms with Gasteiger partial charge in [0.25, 0.3) is 0 Å². The monoisotopic (exact) mass is 362 g/mol. The molecule has 0 fully saturated rings. The molecule has 0 unspecified atom stereocenters. The average molecular weight is 362 g/mol. The number of hydrogen-bond donors (Lipinski definition) is 0. The molecule has 1 aromatic heterocycles. The highest BCUT2D eigenvalue weighted by molar-refractivity contribution is 14.1. The molecular formula is C16H11IO2. The van der Waals surface area contributed by atoms with Crippen molar-refractivity contribution in [3.05, 3.63) is 69.0 Å². The van der Waals surface area contributed by atoms with Crippen LogP contribution in [0.5, 0.6) is 0 Å². The summed E-state index contributed by atoms with van der Waals surface area (Å²) in [7, 11) is 0. The van der Waals surface area contributed by atoms with Crippen molar-refractivity contribution in [3.63, 3.8) is 0 Å². The summed E-state index contributed by atoms with van der Waals surface area (Å²) in [5, 5.41) is 0.997. The molecule has 0 bridgehead atoms. The molecule has 0 spiro atoms. The number of aryl methyl sites for hydroxylation is 1. The number of furan rings is 1. The lowest BCUT2D eigenvalue weighted by atomic mass is 10.1. The number of carbonyl (C=O) groups excluding carboxylic acids is 1. The number of benzene rings is 2. The zero-order valence-corrected chi connectivity index (χ0v) is 12.5. The fourth-order valence-corrected chi connectivity index (χ4v) is 2.48. The van der Waals surface area contributed by atoms with Crippen LogP contribution in [0.15, 0.2) is 52.9 Å². The molecule has 94 valence electrons. The van der Waals surface area contributed by atoms with Crippen molar-refractivity contribution >= 4 is 39.3 Å². The minimum Gasteiger partial charge on any atom is -0.452 e. The molecule has 0 aliphatic carbocycles. The Morgan fingerprint density at radius 3 is 2.42 bits per heavy atom. The lowest BCUT2D eigenvalue weighted by molar-refractivity contribution is 0.101. The van der Waals surface area contributed by atoms with E-state index in [4.69, 9.17) is 4.42 Å². The molecule has 1 heterocycles. The van der Waals surface area contributed by atoms with Gasteiger partial charge in [-0.15, -0.1) is 0 Å². The Kier molecular flexibility index (Phi) is 3.14. The summed E-state index contributed by atoms with van der Waals surface area (Å²) in [5.41, 5.74) is 2.32. The normalized spacial score (nSPS) is 10.8. The van der Waals surface area contributed by atoms with E-state index in [9.17, 15) is 4.79 Å². The van der Waals surface area contributed by atoms with Gasteiger partial charge in [0.1, 0.15) is 5.58 Å².